The Hall–Kier alpha value is -1.84. The number of hydrogen-bond donors (Lipinski definition) is 2. The highest BCUT2D eigenvalue weighted by Gasteiger charge is 2.28. The van der Waals surface area contributed by atoms with Gasteiger partial charge in [0.2, 0.25) is 21.1 Å². The average molecular weight is 383 g/mol. The Morgan fingerprint density at radius 3 is 2.48 bits per heavy atom. The monoisotopic (exact) mass is 382 g/mol. The summed E-state index contributed by atoms with van der Waals surface area (Å²) in [4.78, 5) is 12.6. The topological polar surface area (TPSA) is 101 Å². The highest BCUT2D eigenvalue weighted by Crippen LogP contribution is 2.26. The average Bonchev–Trinajstić information content (AvgIpc) is 3.08. The highest BCUT2D eigenvalue weighted by atomic mass is 32.2. The van der Waals surface area contributed by atoms with Gasteiger partial charge in [0.25, 0.3) is 0 Å². The lowest BCUT2D eigenvalue weighted by Crippen LogP contribution is -2.48. The van der Waals surface area contributed by atoms with E-state index in [-0.39, 0.29) is 11.7 Å². The van der Waals surface area contributed by atoms with Crippen molar-refractivity contribution in [3.63, 3.8) is 0 Å². The Bertz CT molecular complexity index is 806. The van der Waals surface area contributed by atoms with Crippen LogP contribution < -0.4 is 10.0 Å². The van der Waals surface area contributed by atoms with Gasteiger partial charge in [0.05, 0.1) is 5.75 Å². The number of amides is 1. The van der Waals surface area contributed by atoms with Gasteiger partial charge in [-0.15, -0.1) is 10.2 Å². The first kappa shape index (κ1) is 19.5. The highest BCUT2D eigenvalue weighted by molar-refractivity contribution is 7.89. The van der Waals surface area contributed by atoms with Gasteiger partial charge in [0.1, 0.15) is 11.0 Å². The molecule has 0 fully saturated rings. The molecule has 25 heavy (non-hydrogen) atoms. The molecule has 136 valence electrons. The Kier molecular flexibility index (Phi) is 6.63. The minimum absolute atomic E-state index is 0.0792. The number of benzene rings is 1. The van der Waals surface area contributed by atoms with Gasteiger partial charge in [-0.25, -0.2) is 13.1 Å². The molecule has 0 aliphatic heterocycles. The van der Waals surface area contributed by atoms with Gasteiger partial charge in [-0.05, 0) is 12.8 Å². The van der Waals surface area contributed by atoms with Gasteiger partial charge in [0, 0.05) is 5.56 Å². The second-order valence-electron chi connectivity index (χ2n) is 5.65. The molecule has 1 aromatic heterocycles. The minimum atomic E-state index is -3.49. The lowest BCUT2D eigenvalue weighted by Gasteiger charge is -2.22. The molecule has 0 bridgehead atoms. The van der Waals surface area contributed by atoms with Crippen LogP contribution in [0.15, 0.2) is 30.3 Å². The number of sulfonamides is 1. The van der Waals surface area contributed by atoms with E-state index >= 15 is 0 Å². The molecular formula is C16H22N4O3S2. The van der Waals surface area contributed by atoms with Crippen LogP contribution in [-0.4, -0.2) is 36.3 Å². The van der Waals surface area contributed by atoms with Gasteiger partial charge in [-0.2, -0.15) is 0 Å². The maximum Gasteiger partial charge on any atom is 0.244 e. The zero-order valence-corrected chi connectivity index (χ0v) is 16.0. The predicted molar refractivity (Wildman–Crippen MR) is 99.8 cm³/mol. The van der Waals surface area contributed by atoms with E-state index in [1.807, 2.05) is 44.2 Å². The number of anilines is 1. The smallest absolute Gasteiger partial charge is 0.244 e. The quantitative estimate of drug-likeness (QED) is 0.730. The Labute approximate surface area is 151 Å². The van der Waals surface area contributed by atoms with Crippen molar-refractivity contribution in [2.75, 3.05) is 11.1 Å². The predicted octanol–water partition coefficient (Wildman–Crippen LogP) is 2.50. The van der Waals surface area contributed by atoms with Crippen molar-refractivity contribution in [1.82, 2.24) is 14.9 Å². The van der Waals surface area contributed by atoms with E-state index in [0.717, 1.165) is 5.56 Å². The summed E-state index contributed by atoms with van der Waals surface area (Å²) in [5.74, 6) is -0.658. The maximum absolute atomic E-state index is 12.6. The normalized spacial score (nSPS) is 14.0. The number of rotatable bonds is 8. The third-order valence-electron chi connectivity index (χ3n) is 3.86. The van der Waals surface area contributed by atoms with E-state index in [0.29, 0.717) is 16.6 Å². The van der Waals surface area contributed by atoms with Crippen LogP contribution in [0.1, 0.15) is 27.2 Å². The summed E-state index contributed by atoms with van der Waals surface area (Å²) in [7, 11) is -3.49. The van der Waals surface area contributed by atoms with E-state index in [1.54, 1.807) is 0 Å². The zero-order chi connectivity index (χ0) is 18.4. The maximum atomic E-state index is 12.6. The molecule has 1 heterocycles. The fraction of sp³-hybridized carbons (Fsp3) is 0.438. The van der Waals surface area contributed by atoms with Gasteiger partial charge in [-0.3, -0.25) is 10.1 Å². The summed E-state index contributed by atoms with van der Waals surface area (Å²) in [6.07, 6.45) is 0.662. The molecule has 0 radical (unpaired) electrons. The third kappa shape index (κ3) is 5.32. The SMILES string of the molecule is CCC(C)C(NS(=O)(=O)CC)C(=O)Nc1nnc(-c2ccccc2)s1. The molecule has 2 rings (SSSR count). The number of hydrogen-bond acceptors (Lipinski definition) is 6. The van der Waals surface area contributed by atoms with Gasteiger partial charge in [-0.1, -0.05) is 61.9 Å². The Morgan fingerprint density at radius 1 is 1.20 bits per heavy atom. The first-order valence-corrected chi connectivity index (χ1v) is 10.5. The van der Waals surface area contributed by atoms with Crippen LogP contribution in [0.25, 0.3) is 10.6 Å². The molecule has 2 atom stereocenters. The largest absolute Gasteiger partial charge is 0.299 e. The number of nitrogens with zero attached hydrogens (tertiary/aromatic N) is 2. The molecule has 2 unspecified atom stereocenters. The van der Waals surface area contributed by atoms with E-state index < -0.39 is 22.0 Å². The van der Waals surface area contributed by atoms with Crippen LogP contribution in [0.5, 0.6) is 0 Å². The third-order valence-corrected chi connectivity index (χ3v) is 6.12. The van der Waals surface area contributed by atoms with Crippen LogP contribution in [0.4, 0.5) is 5.13 Å². The molecule has 1 aromatic carbocycles. The fourth-order valence-corrected chi connectivity index (χ4v) is 3.74. The second kappa shape index (κ2) is 8.50. The lowest BCUT2D eigenvalue weighted by atomic mass is 9.99. The van der Waals surface area contributed by atoms with Crippen LogP contribution in [0.3, 0.4) is 0 Å². The number of carbonyl (C=O) groups is 1. The van der Waals surface area contributed by atoms with Crippen molar-refractivity contribution < 1.29 is 13.2 Å². The standard InChI is InChI=1S/C16H22N4O3S2/c1-4-11(3)13(20-25(22,23)5-2)14(21)17-16-19-18-15(24-16)12-9-7-6-8-10-12/h6-11,13,20H,4-5H2,1-3H3,(H,17,19,21). The van der Waals surface area contributed by atoms with Crippen LogP contribution >= 0.6 is 11.3 Å². The number of aromatic nitrogens is 2. The summed E-state index contributed by atoms with van der Waals surface area (Å²) in [5.41, 5.74) is 0.908. The van der Waals surface area contributed by atoms with Crippen LogP contribution in [0.2, 0.25) is 0 Å². The lowest BCUT2D eigenvalue weighted by molar-refractivity contribution is -0.118. The molecule has 1 amide bonds. The molecule has 0 aliphatic rings. The van der Waals surface area contributed by atoms with Crippen molar-refractivity contribution in [2.24, 2.45) is 5.92 Å². The van der Waals surface area contributed by atoms with E-state index in [2.05, 4.69) is 20.2 Å². The first-order chi connectivity index (χ1) is 11.9. The van der Waals surface area contributed by atoms with Crippen molar-refractivity contribution in [2.45, 2.75) is 33.2 Å². The minimum Gasteiger partial charge on any atom is -0.299 e. The van der Waals surface area contributed by atoms with Gasteiger partial charge < -0.3 is 0 Å². The zero-order valence-electron chi connectivity index (χ0n) is 14.4. The van der Waals surface area contributed by atoms with E-state index in [1.165, 1.54) is 18.3 Å². The molecule has 9 heteroatoms. The number of nitrogens with one attached hydrogen (secondary N) is 2. The van der Waals surface area contributed by atoms with Gasteiger partial charge in [0.15, 0.2) is 0 Å². The van der Waals surface area contributed by atoms with E-state index in [9.17, 15) is 13.2 Å². The summed E-state index contributed by atoms with van der Waals surface area (Å²) in [6, 6.07) is 8.66. The Morgan fingerprint density at radius 2 is 1.88 bits per heavy atom. The molecule has 2 N–H and O–H groups in total. The molecule has 0 spiro atoms. The molecule has 2 aromatic rings. The molecule has 0 saturated heterocycles. The van der Waals surface area contributed by atoms with Crippen LogP contribution in [0, 0.1) is 5.92 Å². The van der Waals surface area contributed by atoms with Crippen molar-refractivity contribution in [3.05, 3.63) is 30.3 Å². The van der Waals surface area contributed by atoms with Gasteiger partial charge >= 0.3 is 0 Å². The summed E-state index contributed by atoms with van der Waals surface area (Å²) < 4.78 is 26.2. The van der Waals surface area contributed by atoms with Crippen LogP contribution in [-0.2, 0) is 14.8 Å². The second-order valence-corrected chi connectivity index (χ2v) is 8.67. The molecule has 0 saturated carbocycles. The van der Waals surface area contributed by atoms with Crippen molar-refractivity contribution in [1.29, 1.82) is 0 Å². The summed E-state index contributed by atoms with van der Waals surface area (Å²) in [6.45, 7) is 5.27. The van der Waals surface area contributed by atoms with E-state index in [4.69, 9.17) is 0 Å². The summed E-state index contributed by atoms with van der Waals surface area (Å²) in [5, 5.41) is 11.7. The number of carbonyl (C=O) groups excluding carboxylic acids is 1. The molecule has 7 nitrogen and oxygen atoms in total. The van der Waals surface area contributed by atoms with Crippen molar-refractivity contribution >= 4 is 32.4 Å². The molecule has 0 aliphatic carbocycles. The fourth-order valence-electron chi connectivity index (χ4n) is 2.09. The Balaban J connectivity index is 2.14. The van der Waals surface area contributed by atoms with Crippen molar-refractivity contribution in [3.8, 4) is 10.6 Å². The molecular weight excluding hydrogens is 360 g/mol. The summed E-state index contributed by atoms with van der Waals surface area (Å²) >= 11 is 1.24. The first-order valence-electron chi connectivity index (χ1n) is 8.06.